The smallest absolute Gasteiger partial charge is 0.258 e. The van der Waals surface area contributed by atoms with Crippen LogP contribution in [-0.2, 0) is 19.6 Å². The van der Waals surface area contributed by atoms with E-state index >= 15 is 0 Å². The predicted octanol–water partition coefficient (Wildman–Crippen LogP) is 2.93. The minimum atomic E-state index is -3.57. The lowest BCUT2D eigenvalue weighted by Gasteiger charge is -2.26. The van der Waals surface area contributed by atoms with Gasteiger partial charge in [-0.1, -0.05) is 23.7 Å². The Hall–Kier alpha value is -2.13. The SMILES string of the molecule is Cc1cc(S(=O)(=O)N2CCOCC2)ccc1OCC(=O)NC(C)c1ccc(Cl)cc1. The Morgan fingerprint density at radius 2 is 1.87 bits per heavy atom. The van der Waals surface area contributed by atoms with Crippen molar-refractivity contribution in [1.82, 2.24) is 9.62 Å². The van der Waals surface area contributed by atoms with Crippen LogP contribution in [0, 0.1) is 6.92 Å². The Morgan fingerprint density at radius 1 is 1.20 bits per heavy atom. The lowest BCUT2D eigenvalue weighted by atomic mass is 10.1. The van der Waals surface area contributed by atoms with Crippen molar-refractivity contribution in [1.29, 1.82) is 0 Å². The maximum absolute atomic E-state index is 12.8. The fraction of sp³-hybridized carbons (Fsp3) is 0.381. The van der Waals surface area contributed by atoms with Gasteiger partial charge in [0.05, 0.1) is 24.2 Å². The molecule has 0 spiro atoms. The van der Waals surface area contributed by atoms with Crippen LogP contribution in [0.1, 0.15) is 24.1 Å². The van der Waals surface area contributed by atoms with Gasteiger partial charge < -0.3 is 14.8 Å². The summed E-state index contributed by atoms with van der Waals surface area (Å²) < 4.78 is 37.7. The summed E-state index contributed by atoms with van der Waals surface area (Å²) in [4.78, 5) is 12.4. The number of sulfonamides is 1. The number of amides is 1. The van der Waals surface area contributed by atoms with Crippen molar-refractivity contribution in [3.8, 4) is 5.75 Å². The van der Waals surface area contributed by atoms with E-state index < -0.39 is 10.0 Å². The summed E-state index contributed by atoms with van der Waals surface area (Å²) in [6.07, 6.45) is 0. The second kappa shape index (κ2) is 9.78. The van der Waals surface area contributed by atoms with Gasteiger partial charge in [0.2, 0.25) is 10.0 Å². The number of ether oxygens (including phenoxy) is 2. The van der Waals surface area contributed by atoms with Gasteiger partial charge >= 0.3 is 0 Å². The molecule has 0 aromatic heterocycles. The Kier molecular flexibility index (Phi) is 7.36. The number of morpholine rings is 1. The van der Waals surface area contributed by atoms with E-state index in [-0.39, 0.29) is 23.5 Å². The molecule has 1 aliphatic heterocycles. The monoisotopic (exact) mass is 452 g/mol. The van der Waals surface area contributed by atoms with Gasteiger partial charge in [-0.2, -0.15) is 4.31 Å². The van der Waals surface area contributed by atoms with Gasteiger partial charge in [0, 0.05) is 18.1 Å². The van der Waals surface area contributed by atoms with Gasteiger partial charge in [0.15, 0.2) is 6.61 Å². The van der Waals surface area contributed by atoms with E-state index in [0.29, 0.717) is 42.6 Å². The third kappa shape index (κ3) is 5.51. The molecule has 2 aromatic rings. The molecule has 1 unspecified atom stereocenters. The number of nitrogens with one attached hydrogen (secondary N) is 1. The van der Waals surface area contributed by atoms with Crippen molar-refractivity contribution < 1.29 is 22.7 Å². The molecule has 1 amide bonds. The molecule has 162 valence electrons. The molecular weight excluding hydrogens is 428 g/mol. The molecule has 1 N–H and O–H groups in total. The van der Waals surface area contributed by atoms with E-state index in [1.54, 1.807) is 31.2 Å². The second-order valence-electron chi connectivity index (χ2n) is 7.07. The number of hydrogen-bond acceptors (Lipinski definition) is 5. The first kappa shape index (κ1) is 22.6. The normalized spacial score (nSPS) is 16.1. The summed E-state index contributed by atoms with van der Waals surface area (Å²) in [6.45, 7) is 4.91. The van der Waals surface area contributed by atoms with Gasteiger partial charge in [-0.25, -0.2) is 8.42 Å². The van der Waals surface area contributed by atoms with Crippen LogP contribution >= 0.6 is 11.6 Å². The highest BCUT2D eigenvalue weighted by Gasteiger charge is 2.26. The molecular formula is C21H25ClN2O5S. The molecule has 30 heavy (non-hydrogen) atoms. The average molecular weight is 453 g/mol. The quantitative estimate of drug-likeness (QED) is 0.698. The molecule has 1 saturated heterocycles. The zero-order chi connectivity index (χ0) is 21.7. The number of halogens is 1. The topological polar surface area (TPSA) is 84.9 Å². The van der Waals surface area contributed by atoms with Crippen LogP contribution in [0.5, 0.6) is 5.75 Å². The number of carbonyl (C=O) groups is 1. The fourth-order valence-electron chi connectivity index (χ4n) is 3.14. The van der Waals surface area contributed by atoms with Crippen LogP contribution in [0.15, 0.2) is 47.4 Å². The number of carbonyl (C=O) groups excluding carboxylic acids is 1. The van der Waals surface area contributed by atoms with Crippen molar-refractivity contribution in [3.05, 3.63) is 58.6 Å². The minimum Gasteiger partial charge on any atom is -0.484 e. The third-order valence-corrected chi connectivity index (χ3v) is 7.01. The first-order chi connectivity index (χ1) is 14.3. The number of rotatable bonds is 7. The van der Waals surface area contributed by atoms with Crippen LogP contribution in [0.2, 0.25) is 5.02 Å². The van der Waals surface area contributed by atoms with E-state index in [2.05, 4.69) is 5.32 Å². The average Bonchev–Trinajstić information content (AvgIpc) is 2.73. The van der Waals surface area contributed by atoms with Gasteiger partial charge in [0.1, 0.15) is 5.75 Å². The van der Waals surface area contributed by atoms with E-state index in [1.165, 1.54) is 10.4 Å². The molecule has 1 aliphatic rings. The molecule has 1 atom stereocenters. The molecule has 1 fully saturated rings. The van der Waals surface area contributed by atoms with Crippen LogP contribution in [0.3, 0.4) is 0 Å². The number of aryl methyl sites for hydroxylation is 1. The van der Waals surface area contributed by atoms with E-state index in [9.17, 15) is 13.2 Å². The Balaban J connectivity index is 1.59. The van der Waals surface area contributed by atoms with Crippen molar-refractivity contribution in [2.45, 2.75) is 24.8 Å². The highest BCUT2D eigenvalue weighted by atomic mass is 35.5. The van der Waals surface area contributed by atoms with Crippen molar-refractivity contribution in [2.75, 3.05) is 32.9 Å². The van der Waals surface area contributed by atoms with Gasteiger partial charge in [-0.3, -0.25) is 4.79 Å². The predicted molar refractivity (Wildman–Crippen MR) is 114 cm³/mol. The molecule has 9 heteroatoms. The molecule has 7 nitrogen and oxygen atoms in total. The van der Waals surface area contributed by atoms with Crippen molar-refractivity contribution >= 4 is 27.5 Å². The zero-order valence-electron chi connectivity index (χ0n) is 16.9. The minimum absolute atomic E-state index is 0.172. The van der Waals surface area contributed by atoms with Crippen LogP contribution in [0.25, 0.3) is 0 Å². The third-order valence-electron chi connectivity index (χ3n) is 4.86. The largest absolute Gasteiger partial charge is 0.484 e. The summed E-state index contributed by atoms with van der Waals surface area (Å²) >= 11 is 5.88. The maximum Gasteiger partial charge on any atom is 0.258 e. The molecule has 0 bridgehead atoms. The number of nitrogens with zero attached hydrogens (tertiary/aromatic N) is 1. The number of hydrogen-bond donors (Lipinski definition) is 1. The van der Waals surface area contributed by atoms with Gasteiger partial charge in [0.25, 0.3) is 5.91 Å². The molecule has 1 heterocycles. The Morgan fingerprint density at radius 3 is 2.50 bits per heavy atom. The first-order valence-corrected chi connectivity index (χ1v) is 11.5. The zero-order valence-corrected chi connectivity index (χ0v) is 18.5. The first-order valence-electron chi connectivity index (χ1n) is 9.63. The summed E-state index contributed by atoms with van der Waals surface area (Å²) in [6, 6.07) is 11.7. The highest BCUT2D eigenvalue weighted by molar-refractivity contribution is 7.89. The van der Waals surface area contributed by atoms with Crippen LogP contribution in [-0.4, -0.2) is 51.5 Å². The fourth-order valence-corrected chi connectivity index (χ4v) is 4.76. The maximum atomic E-state index is 12.8. The van der Waals surface area contributed by atoms with Crippen LogP contribution in [0.4, 0.5) is 0 Å². The highest BCUT2D eigenvalue weighted by Crippen LogP contribution is 2.24. The lowest BCUT2D eigenvalue weighted by Crippen LogP contribution is -2.40. The van der Waals surface area contributed by atoms with E-state index in [4.69, 9.17) is 21.1 Å². The Labute approximate surface area is 182 Å². The van der Waals surface area contributed by atoms with Gasteiger partial charge in [-0.15, -0.1) is 0 Å². The molecule has 3 rings (SSSR count). The Bertz CT molecular complexity index is 989. The summed E-state index contributed by atoms with van der Waals surface area (Å²) in [5.41, 5.74) is 1.57. The molecule has 0 radical (unpaired) electrons. The summed E-state index contributed by atoms with van der Waals surface area (Å²) in [7, 11) is -3.57. The molecule has 0 aliphatic carbocycles. The molecule has 2 aromatic carbocycles. The van der Waals surface area contributed by atoms with Crippen LogP contribution < -0.4 is 10.1 Å². The number of benzene rings is 2. The lowest BCUT2D eigenvalue weighted by molar-refractivity contribution is -0.123. The summed E-state index contributed by atoms with van der Waals surface area (Å²) in [5.74, 6) is 0.187. The standard InChI is InChI=1S/C21H25ClN2O5S/c1-15-13-19(30(26,27)24-9-11-28-12-10-24)7-8-20(15)29-14-21(25)23-16(2)17-3-5-18(22)6-4-17/h3-8,13,16H,9-12,14H2,1-2H3,(H,23,25). The van der Waals surface area contributed by atoms with Crippen molar-refractivity contribution in [3.63, 3.8) is 0 Å². The van der Waals surface area contributed by atoms with E-state index in [1.807, 2.05) is 19.1 Å². The van der Waals surface area contributed by atoms with Gasteiger partial charge in [-0.05, 0) is 55.3 Å². The molecule has 0 saturated carbocycles. The van der Waals surface area contributed by atoms with Crippen molar-refractivity contribution in [2.24, 2.45) is 0 Å². The summed E-state index contributed by atoms with van der Waals surface area (Å²) in [5, 5.41) is 3.50. The second-order valence-corrected chi connectivity index (χ2v) is 9.45. The van der Waals surface area contributed by atoms with E-state index in [0.717, 1.165) is 5.56 Å².